The molecule has 0 spiro atoms. The molecule has 1 atom stereocenters. The van der Waals surface area contributed by atoms with Gasteiger partial charge in [0.2, 0.25) is 0 Å². The maximum Gasteiger partial charge on any atom is 0.163 e. The summed E-state index contributed by atoms with van der Waals surface area (Å²) in [4.78, 5) is 11.6. The molecule has 21 heavy (non-hydrogen) atoms. The van der Waals surface area contributed by atoms with Gasteiger partial charge in [0, 0.05) is 0 Å². The number of rotatable bonds is 6. The molecule has 2 heteroatoms. The maximum atomic E-state index is 11.6. The van der Waals surface area contributed by atoms with Crippen LogP contribution in [0.25, 0.3) is 0 Å². The van der Waals surface area contributed by atoms with Crippen LogP contribution in [0.2, 0.25) is 0 Å². The van der Waals surface area contributed by atoms with Gasteiger partial charge < -0.3 is 4.74 Å². The van der Waals surface area contributed by atoms with E-state index in [0.29, 0.717) is 23.8 Å². The molecule has 0 fully saturated rings. The van der Waals surface area contributed by atoms with E-state index in [1.807, 2.05) is 18.2 Å². The monoisotopic (exact) mass is 282 g/mol. The molecule has 0 N–H and O–H groups in total. The third-order valence-corrected chi connectivity index (χ3v) is 3.82. The lowest BCUT2D eigenvalue weighted by Gasteiger charge is -2.12. The predicted molar refractivity (Wildman–Crippen MR) is 85.9 cm³/mol. The van der Waals surface area contributed by atoms with Crippen LogP contribution in [0.5, 0.6) is 5.75 Å². The van der Waals surface area contributed by atoms with Gasteiger partial charge in [-0.25, -0.2) is 0 Å². The highest BCUT2D eigenvalue weighted by Crippen LogP contribution is 2.21. The van der Waals surface area contributed by atoms with Crippen LogP contribution in [0.4, 0.5) is 0 Å². The average molecular weight is 282 g/mol. The summed E-state index contributed by atoms with van der Waals surface area (Å²) in [5.41, 5.74) is 3.10. The molecule has 0 amide bonds. The first kappa shape index (κ1) is 15.3. The number of hydrogen-bond donors (Lipinski definition) is 0. The van der Waals surface area contributed by atoms with Crippen molar-refractivity contribution in [3.8, 4) is 5.75 Å². The minimum absolute atomic E-state index is 0.0257. The summed E-state index contributed by atoms with van der Waals surface area (Å²) in [5, 5.41) is 0. The van der Waals surface area contributed by atoms with Crippen molar-refractivity contribution in [2.24, 2.45) is 0 Å². The Kier molecular flexibility index (Phi) is 5.15. The Balaban J connectivity index is 2.05. The van der Waals surface area contributed by atoms with E-state index in [2.05, 4.69) is 38.1 Å². The molecule has 2 rings (SSSR count). The van der Waals surface area contributed by atoms with Gasteiger partial charge in [0.1, 0.15) is 12.4 Å². The van der Waals surface area contributed by atoms with E-state index in [1.165, 1.54) is 5.56 Å². The molecular formula is C19H22O2. The Morgan fingerprint density at radius 1 is 1.10 bits per heavy atom. The number of benzene rings is 2. The molecule has 1 unspecified atom stereocenters. The third kappa shape index (κ3) is 3.94. The molecule has 0 aliphatic rings. The summed E-state index contributed by atoms with van der Waals surface area (Å²) in [5.74, 6) is 1.26. The minimum atomic E-state index is 0.0257. The smallest absolute Gasteiger partial charge is 0.163 e. The first-order valence-corrected chi connectivity index (χ1v) is 7.43. The number of ether oxygens (including phenoxy) is 1. The van der Waals surface area contributed by atoms with Crippen LogP contribution in [0.15, 0.2) is 48.5 Å². The minimum Gasteiger partial charge on any atom is -0.488 e. The summed E-state index contributed by atoms with van der Waals surface area (Å²) in [7, 11) is 0. The van der Waals surface area contributed by atoms with E-state index in [0.717, 1.165) is 12.0 Å². The lowest BCUT2D eigenvalue weighted by atomic mass is 9.98. The van der Waals surface area contributed by atoms with Crippen molar-refractivity contribution in [2.45, 2.75) is 39.7 Å². The molecular weight excluding hydrogens is 260 g/mol. The fourth-order valence-corrected chi connectivity index (χ4v) is 2.22. The van der Waals surface area contributed by atoms with Crippen LogP contribution in [-0.4, -0.2) is 5.78 Å². The molecule has 0 radical (unpaired) electrons. The lowest BCUT2D eigenvalue weighted by molar-refractivity contribution is 0.101. The molecule has 110 valence electrons. The lowest BCUT2D eigenvalue weighted by Crippen LogP contribution is -2.01. The van der Waals surface area contributed by atoms with E-state index >= 15 is 0 Å². The normalized spacial score (nSPS) is 12.0. The van der Waals surface area contributed by atoms with Gasteiger partial charge in [-0.1, -0.05) is 50.2 Å². The molecule has 0 aliphatic heterocycles. The first-order chi connectivity index (χ1) is 10.1. The van der Waals surface area contributed by atoms with E-state index in [-0.39, 0.29) is 5.78 Å². The zero-order valence-electron chi connectivity index (χ0n) is 12.9. The fraction of sp³-hybridized carbons (Fsp3) is 0.316. The average Bonchev–Trinajstić information content (AvgIpc) is 2.52. The van der Waals surface area contributed by atoms with Crippen molar-refractivity contribution < 1.29 is 9.53 Å². The second kappa shape index (κ2) is 7.07. The van der Waals surface area contributed by atoms with E-state index < -0.39 is 0 Å². The van der Waals surface area contributed by atoms with E-state index in [9.17, 15) is 4.79 Å². The molecule has 0 saturated heterocycles. The molecule has 0 heterocycles. The van der Waals surface area contributed by atoms with Crippen LogP contribution in [0, 0.1) is 0 Å². The zero-order chi connectivity index (χ0) is 15.2. The fourth-order valence-electron chi connectivity index (χ4n) is 2.22. The second-order valence-electron chi connectivity index (χ2n) is 5.39. The van der Waals surface area contributed by atoms with Gasteiger partial charge in [0.15, 0.2) is 5.78 Å². The highest BCUT2D eigenvalue weighted by molar-refractivity contribution is 5.96. The Morgan fingerprint density at radius 3 is 2.38 bits per heavy atom. The van der Waals surface area contributed by atoms with Crippen LogP contribution in [-0.2, 0) is 6.61 Å². The quantitative estimate of drug-likeness (QED) is 0.698. The maximum absolute atomic E-state index is 11.6. The summed E-state index contributed by atoms with van der Waals surface area (Å²) in [6, 6.07) is 15.9. The standard InChI is InChI=1S/C19H22O2/c1-4-14(2)17-11-9-16(10-12-17)13-21-19-8-6-5-7-18(19)15(3)20/h5-12,14H,4,13H2,1-3H3. The Bertz CT molecular complexity index is 599. The van der Waals surface area contributed by atoms with Crippen LogP contribution in [0.1, 0.15) is 54.6 Å². The van der Waals surface area contributed by atoms with Crippen LogP contribution < -0.4 is 4.74 Å². The molecule has 0 aliphatic carbocycles. The second-order valence-corrected chi connectivity index (χ2v) is 5.39. The Morgan fingerprint density at radius 2 is 1.76 bits per heavy atom. The largest absolute Gasteiger partial charge is 0.488 e. The Labute approximate surface area is 126 Å². The third-order valence-electron chi connectivity index (χ3n) is 3.82. The first-order valence-electron chi connectivity index (χ1n) is 7.43. The number of Topliss-reactive ketones (excluding diaryl/α,β-unsaturated/α-hetero) is 1. The summed E-state index contributed by atoms with van der Waals surface area (Å²) in [6.07, 6.45) is 1.14. The number of ketones is 1. The van der Waals surface area contributed by atoms with Crippen molar-refractivity contribution in [1.29, 1.82) is 0 Å². The van der Waals surface area contributed by atoms with Gasteiger partial charge >= 0.3 is 0 Å². The number of hydrogen-bond acceptors (Lipinski definition) is 2. The van der Waals surface area contributed by atoms with Crippen molar-refractivity contribution >= 4 is 5.78 Å². The topological polar surface area (TPSA) is 26.3 Å². The highest BCUT2D eigenvalue weighted by atomic mass is 16.5. The number of carbonyl (C=O) groups is 1. The molecule has 2 aromatic carbocycles. The van der Waals surface area contributed by atoms with Crippen molar-refractivity contribution in [3.63, 3.8) is 0 Å². The summed E-state index contributed by atoms with van der Waals surface area (Å²) >= 11 is 0. The molecule has 2 aromatic rings. The molecule has 2 nitrogen and oxygen atoms in total. The predicted octanol–water partition coefficient (Wildman–Crippen LogP) is 4.98. The van der Waals surface area contributed by atoms with Crippen molar-refractivity contribution in [3.05, 3.63) is 65.2 Å². The number of para-hydroxylation sites is 1. The van der Waals surface area contributed by atoms with E-state index in [1.54, 1.807) is 13.0 Å². The molecule has 0 aromatic heterocycles. The molecule has 0 bridgehead atoms. The SMILES string of the molecule is CCC(C)c1ccc(COc2ccccc2C(C)=O)cc1. The van der Waals surface area contributed by atoms with Gasteiger partial charge in [0.05, 0.1) is 5.56 Å². The number of carbonyl (C=O) groups excluding carboxylic acids is 1. The van der Waals surface area contributed by atoms with Gasteiger partial charge in [-0.15, -0.1) is 0 Å². The summed E-state index contributed by atoms with van der Waals surface area (Å²) in [6.45, 7) is 6.46. The van der Waals surface area contributed by atoms with Crippen LogP contribution >= 0.6 is 0 Å². The van der Waals surface area contributed by atoms with Crippen molar-refractivity contribution in [2.75, 3.05) is 0 Å². The van der Waals surface area contributed by atoms with Gasteiger partial charge in [-0.3, -0.25) is 4.79 Å². The zero-order valence-corrected chi connectivity index (χ0v) is 12.9. The highest BCUT2D eigenvalue weighted by Gasteiger charge is 2.08. The summed E-state index contributed by atoms with van der Waals surface area (Å²) < 4.78 is 5.79. The van der Waals surface area contributed by atoms with Crippen LogP contribution in [0.3, 0.4) is 0 Å². The van der Waals surface area contributed by atoms with Gasteiger partial charge in [-0.05, 0) is 42.5 Å². The molecule has 0 saturated carbocycles. The van der Waals surface area contributed by atoms with Crippen molar-refractivity contribution in [1.82, 2.24) is 0 Å². The van der Waals surface area contributed by atoms with Gasteiger partial charge in [0.25, 0.3) is 0 Å². The van der Waals surface area contributed by atoms with Gasteiger partial charge in [-0.2, -0.15) is 0 Å². The Hall–Kier alpha value is -2.09. The van der Waals surface area contributed by atoms with E-state index in [4.69, 9.17) is 4.74 Å².